The van der Waals surface area contributed by atoms with Crippen LogP contribution in [0.15, 0.2) is 24.5 Å². The summed E-state index contributed by atoms with van der Waals surface area (Å²) in [5, 5.41) is 13.7. The van der Waals surface area contributed by atoms with Crippen LogP contribution >= 0.6 is 11.6 Å². The van der Waals surface area contributed by atoms with E-state index >= 15 is 0 Å². The van der Waals surface area contributed by atoms with Gasteiger partial charge in [-0.05, 0) is 31.0 Å². The van der Waals surface area contributed by atoms with Crippen molar-refractivity contribution in [2.24, 2.45) is 0 Å². The number of carbonyl (C=O) groups excluding carboxylic acids is 2. The van der Waals surface area contributed by atoms with Gasteiger partial charge in [0.05, 0.1) is 6.54 Å². The van der Waals surface area contributed by atoms with Gasteiger partial charge < -0.3 is 15.2 Å². The molecule has 2 N–H and O–H groups in total. The molecule has 0 radical (unpaired) electrons. The van der Waals surface area contributed by atoms with Crippen LogP contribution in [0.25, 0.3) is 0 Å². The average molecular weight is 350 g/mol. The highest BCUT2D eigenvalue weighted by molar-refractivity contribution is 6.31. The molecule has 0 fully saturated rings. The van der Waals surface area contributed by atoms with Crippen LogP contribution in [-0.2, 0) is 22.7 Å². The second kappa shape index (κ2) is 8.44. The quantitative estimate of drug-likeness (QED) is 0.750. The minimum atomic E-state index is -0.395. The first-order chi connectivity index (χ1) is 11.5. The molecule has 0 spiro atoms. The van der Waals surface area contributed by atoms with Crippen LogP contribution in [0.1, 0.15) is 31.2 Å². The number of aryl methyl sites for hydroxylation is 2. The normalized spacial score (nSPS) is 10.5. The number of anilines is 1. The Morgan fingerprint density at radius 3 is 2.83 bits per heavy atom. The van der Waals surface area contributed by atoms with Crippen LogP contribution in [0.2, 0.25) is 5.02 Å². The van der Waals surface area contributed by atoms with E-state index < -0.39 is 5.91 Å². The summed E-state index contributed by atoms with van der Waals surface area (Å²) in [7, 11) is 0. The Kier molecular flexibility index (Phi) is 6.31. The molecule has 7 nitrogen and oxygen atoms in total. The topological polar surface area (TPSA) is 88.9 Å². The van der Waals surface area contributed by atoms with Gasteiger partial charge in [0.1, 0.15) is 12.7 Å². The number of rotatable bonds is 7. The largest absolute Gasteiger partial charge is 0.348 e. The lowest BCUT2D eigenvalue weighted by Crippen LogP contribution is -2.29. The van der Waals surface area contributed by atoms with Crippen molar-refractivity contribution < 1.29 is 9.59 Å². The average Bonchev–Trinajstić information content (AvgIpc) is 2.96. The van der Waals surface area contributed by atoms with Gasteiger partial charge in [0.2, 0.25) is 11.8 Å². The number of carbonyl (C=O) groups is 2. The molecule has 1 aromatic heterocycles. The molecule has 0 atom stereocenters. The zero-order valence-electron chi connectivity index (χ0n) is 13.7. The highest BCUT2D eigenvalue weighted by Crippen LogP contribution is 2.20. The predicted molar refractivity (Wildman–Crippen MR) is 91.6 cm³/mol. The summed E-state index contributed by atoms with van der Waals surface area (Å²) in [5.74, 6) is -0.109. The van der Waals surface area contributed by atoms with Crippen molar-refractivity contribution >= 4 is 29.1 Å². The molecular weight excluding hydrogens is 330 g/mol. The van der Waals surface area contributed by atoms with E-state index in [1.54, 1.807) is 24.5 Å². The van der Waals surface area contributed by atoms with Gasteiger partial charge in [-0.15, -0.1) is 10.2 Å². The minimum Gasteiger partial charge on any atom is -0.348 e. The van der Waals surface area contributed by atoms with Gasteiger partial charge in [0.25, 0.3) is 0 Å². The maximum absolute atomic E-state index is 12.0. The molecule has 0 saturated carbocycles. The smallest absolute Gasteiger partial charge is 0.233 e. The van der Waals surface area contributed by atoms with Gasteiger partial charge in [-0.25, -0.2) is 0 Å². The van der Waals surface area contributed by atoms with Crippen molar-refractivity contribution in [1.82, 2.24) is 20.1 Å². The number of halogens is 1. The first-order valence-electron chi connectivity index (χ1n) is 7.69. The Morgan fingerprint density at radius 1 is 1.29 bits per heavy atom. The number of aromatic nitrogens is 3. The highest BCUT2D eigenvalue weighted by Gasteiger charge is 2.12. The molecule has 0 aliphatic heterocycles. The molecule has 1 heterocycles. The standard InChI is InChI=1S/C16H20ClN5O2/c1-3-6-22-10-19-21-14(22)9-18-15(23)8-16(24)20-13-7-12(17)5-4-11(13)2/h4-5,7,10H,3,6,8-9H2,1-2H3,(H,18,23)(H,20,24). The van der Waals surface area contributed by atoms with Crippen LogP contribution in [0.5, 0.6) is 0 Å². The van der Waals surface area contributed by atoms with Gasteiger partial charge in [-0.2, -0.15) is 0 Å². The van der Waals surface area contributed by atoms with Gasteiger partial charge in [-0.3, -0.25) is 9.59 Å². The van der Waals surface area contributed by atoms with Crippen molar-refractivity contribution in [2.75, 3.05) is 5.32 Å². The number of hydrogen-bond donors (Lipinski definition) is 2. The van der Waals surface area contributed by atoms with Crippen LogP contribution < -0.4 is 10.6 Å². The zero-order valence-corrected chi connectivity index (χ0v) is 14.4. The van der Waals surface area contributed by atoms with E-state index in [9.17, 15) is 9.59 Å². The maximum Gasteiger partial charge on any atom is 0.233 e. The molecule has 0 aliphatic rings. The van der Waals surface area contributed by atoms with Crippen molar-refractivity contribution in [2.45, 2.75) is 39.8 Å². The van der Waals surface area contributed by atoms with Gasteiger partial charge in [-0.1, -0.05) is 24.6 Å². The summed E-state index contributed by atoms with van der Waals surface area (Å²) in [4.78, 5) is 23.9. The monoisotopic (exact) mass is 349 g/mol. The van der Waals surface area contributed by atoms with Crippen molar-refractivity contribution in [3.63, 3.8) is 0 Å². The number of hydrogen-bond acceptors (Lipinski definition) is 4. The van der Waals surface area contributed by atoms with E-state index in [1.807, 2.05) is 18.4 Å². The summed E-state index contributed by atoms with van der Waals surface area (Å²) >= 11 is 5.91. The Balaban J connectivity index is 1.84. The van der Waals surface area contributed by atoms with Crippen LogP contribution in [0, 0.1) is 6.92 Å². The van der Waals surface area contributed by atoms with E-state index in [0.717, 1.165) is 18.5 Å². The Bertz CT molecular complexity index is 729. The molecule has 0 bridgehead atoms. The maximum atomic E-state index is 12.0. The molecule has 0 saturated heterocycles. The summed E-state index contributed by atoms with van der Waals surface area (Å²) in [6.45, 7) is 4.92. The molecule has 2 amide bonds. The third kappa shape index (κ3) is 5.06. The van der Waals surface area contributed by atoms with E-state index in [2.05, 4.69) is 20.8 Å². The summed E-state index contributed by atoms with van der Waals surface area (Å²) in [6.07, 6.45) is 2.30. The molecule has 1 aromatic carbocycles. The van der Waals surface area contributed by atoms with Crippen molar-refractivity contribution in [3.8, 4) is 0 Å². The molecule has 8 heteroatoms. The lowest BCUT2D eigenvalue weighted by Gasteiger charge is -2.09. The predicted octanol–water partition coefficient (Wildman–Crippen LogP) is 2.29. The molecule has 128 valence electrons. The van der Waals surface area contributed by atoms with Crippen LogP contribution in [0.4, 0.5) is 5.69 Å². The molecule has 24 heavy (non-hydrogen) atoms. The van der Waals surface area contributed by atoms with Gasteiger partial charge >= 0.3 is 0 Å². The highest BCUT2D eigenvalue weighted by atomic mass is 35.5. The summed E-state index contributed by atoms with van der Waals surface area (Å²) in [6, 6.07) is 5.20. The van der Waals surface area contributed by atoms with Crippen LogP contribution in [0.3, 0.4) is 0 Å². The fourth-order valence-corrected chi connectivity index (χ4v) is 2.32. The second-order valence-corrected chi connectivity index (χ2v) is 5.84. The SMILES string of the molecule is CCCn1cnnc1CNC(=O)CC(=O)Nc1cc(Cl)ccc1C. The molecule has 0 aliphatic carbocycles. The third-order valence-corrected chi connectivity index (χ3v) is 3.63. The molecule has 2 rings (SSSR count). The van der Waals surface area contributed by atoms with E-state index in [0.29, 0.717) is 16.5 Å². The van der Waals surface area contributed by atoms with E-state index in [-0.39, 0.29) is 18.9 Å². The van der Waals surface area contributed by atoms with E-state index in [4.69, 9.17) is 11.6 Å². The fourth-order valence-electron chi connectivity index (χ4n) is 2.15. The fraction of sp³-hybridized carbons (Fsp3) is 0.375. The zero-order chi connectivity index (χ0) is 17.5. The minimum absolute atomic E-state index is 0.238. The Morgan fingerprint density at radius 2 is 2.08 bits per heavy atom. The number of nitrogens with one attached hydrogen (secondary N) is 2. The number of nitrogens with zero attached hydrogens (tertiary/aromatic N) is 3. The van der Waals surface area contributed by atoms with Gasteiger partial charge in [0, 0.05) is 17.3 Å². The lowest BCUT2D eigenvalue weighted by atomic mass is 10.2. The summed E-state index contributed by atoms with van der Waals surface area (Å²) < 4.78 is 1.87. The first kappa shape index (κ1) is 17.9. The lowest BCUT2D eigenvalue weighted by molar-refractivity contribution is -0.126. The number of amides is 2. The van der Waals surface area contributed by atoms with Crippen LogP contribution in [-0.4, -0.2) is 26.6 Å². The van der Waals surface area contributed by atoms with E-state index in [1.165, 1.54) is 0 Å². The summed E-state index contributed by atoms with van der Waals surface area (Å²) in [5.41, 5.74) is 1.48. The Hall–Kier alpha value is -2.41. The number of benzene rings is 1. The molecular formula is C16H20ClN5O2. The molecule has 2 aromatic rings. The first-order valence-corrected chi connectivity index (χ1v) is 8.06. The van der Waals surface area contributed by atoms with Gasteiger partial charge in [0.15, 0.2) is 5.82 Å². The second-order valence-electron chi connectivity index (χ2n) is 5.40. The third-order valence-electron chi connectivity index (χ3n) is 3.40. The molecule has 0 unspecified atom stereocenters. The van der Waals surface area contributed by atoms with Crippen molar-refractivity contribution in [1.29, 1.82) is 0 Å². The van der Waals surface area contributed by atoms with Crippen molar-refractivity contribution in [3.05, 3.63) is 40.9 Å². The Labute approximate surface area is 145 Å².